The van der Waals surface area contributed by atoms with Crippen molar-refractivity contribution in [3.05, 3.63) is 0 Å². The molecule has 1 amide bonds. The van der Waals surface area contributed by atoms with Crippen molar-refractivity contribution in [2.24, 2.45) is 5.92 Å². The fourth-order valence-electron chi connectivity index (χ4n) is 2.53. The number of hydrogen-bond donors (Lipinski definition) is 1. The van der Waals surface area contributed by atoms with Crippen LogP contribution < -0.4 is 5.32 Å². The van der Waals surface area contributed by atoms with Crippen molar-refractivity contribution in [1.82, 2.24) is 10.2 Å². The highest BCUT2D eigenvalue weighted by atomic mass is 16.2. The lowest BCUT2D eigenvalue weighted by atomic mass is 10.00. The van der Waals surface area contributed by atoms with E-state index in [1.807, 2.05) is 0 Å². The second-order valence-corrected chi connectivity index (χ2v) is 4.57. The Labute approximate surface area is 85.8 Å². The lowest BCUT2D eigenvalue weighted by Crippen LogP contribution is -2.45. The van der Waals surface area contributed by atoms with Crippen molar-refractivity contribution < 1.29 is 4.79 Å². The molecule has 14 heavy (non-hydrogen) atoms. The summed E-state index contributed by atoms with van der Waals surface area (Å²) in [4.78, 5) is 14.2. The molecule has 2 saturated heterocycles. The fourth-order valence-corrected chi connectivity index (χ4v) is 2.53. The van der Waals surface area contributed by atoms with Crippen LogP contribution in [0.2, 0.25) is 0 Å². The van der Waals surface area contributed by atoms with Crippen LogP contribution in [-0.2, 0) is 4.79 Å². The minimum atomic E-state index is 0.260. The van der Waals surface area contributed by atoms with Crippen LogP contribution in [0.5, 0.6) is 0 Å². The highest BCUT2D eigenvalue weighted by Gasteiger charge is 2.30. The first kappa shape index (κ1) is 9.97. The summed E-state index contributed by atoms with van der Waals surface area (Å²) in [5, 5.41) is 3.26. The molecule has 2 atom stereocenters. The molecule has 2 fully saturated rings. The zero-order chi connectivity index (χ0) is 9.97. The maximum Gasteiger partial charge on any atom is 0.227 e. The quantitative estimate of drug-likeness (QED) is 0.678. The van der Waals surface area contributed by atoms with Crippen LogP contribution in [0.4, 0.5) is 0 Å². The summed E-state index contributed by atoms with van der Waals surface area (Å²) in [6.45, 7) is 5.07. The predicted molar refractivity (Wildman–Crippen MR) is 56.0 cm³/mol. The Bertz CT molecular complexity index is 211. The molecule has 2 aliphatic heterocycles. The van der Waals surface area contributed by atoms with Crippen molar-refractivity contribution in [2.45, 2.75) is 38.6 Å². The lowest BCUT2D eigenvalue weighted by Gasteiger charge is -2.35. The summed E-state index contributed by atoms with van der Waals surface area (Å²) in [6.07, 6.45) is 4.69. The molecule has 0 bridgehead atoms. The largest absolute Gasteiger partial charge is 0.340 e. The van der Waals surface area contributed by atoms with Crippen LogP contribution in [0.15, 0.2) is 0 Å². The van der Waals surface area contributed by atoms with Gasteiger partial charge in [-0.05, 0) is 39.2 Å². The summed E-state index contributed by atoms with van der Waals surface area (Å²) >= 11 is 0. The zero-order valence-corrected chi connectivity index (χ0v) is 8.96. The minimum Gasteiger partial charge on any atom is -0.340 e. The molecule has 0 radical (unpaired) electrons. The Morgan fingerprint density at radius 3 is 2.86 bits per heavy atom. The van der Waals surface area contributed by atoms with E-state index < -0.39 is 0 Å². The zero-order valence-electron chi connectivity index (χ0n) is 8.96. The Hall–Kier alpha value is -0.570. The van der Waals surface area contributed by atoms with Crippen LogP contribution in [0, 0.1) is 5.92 Å². The Balaban J connectivity index is 1.94. The first-order valence-electron chi connectivity index (χ1n) is 5.80. The number of likely N-dealkylation sites (tertiary alicyclic amines) is 1. The molecule has 0 aromatic carbocycles. The van der Waals surface area contributed by atoms with Gasteiger partial charge in [0.15, 0.2) is 0 Å². The molecule has 2 unspecified atom stereocenters. The summed E-state index contributed by atoms with van der Waals surface area (Å²) in [5.74, 6) is 0.651. The molecule has 3 heteroatoms. The van der Waals surface area contributed by atoms with E-state index in [4.69, 9.17) is 0 Å². The number of carbonyl (C=O) groups excluding carboxylic acids is 1. The van der Waals surface area contributed by atoms with Gasteiger partial charge in [-0.1, -0.05) is 0 Å². The predicted octanol–water partition coefficient (Wildman–Crippen LogP) is 0.997. The van der Waals surface area contributed by atoms with Crippen LogP contribution in [0.1, 0.15) is 32.6 Å². The number of nitrogens with one attached hydrogen (secondary N) is 1. The van der Waals surface area contributed by atoms with Crippen LogP contribution >= 0.6 is 0 Å². The molecule has 80 valence electrons. The van der Waals surface area contributed by atoms with E-state index in [2.05, 4.69) is 17.1 Å². The topological polar surface area (TPSA) is 32.3 Å². The number of nitrogens with zero attached hydrogens (tertiary/aromatic N) is 1. The van der Waals surface area contributed by atoms with E-state index >= 15 is 0 Å². The van der Waals surface area contributed by atoms with Crippen molar-refractivity contribution in [3.8, 4) is 0 Å². The SMILES string of the molecule is CC1CCCCN1C(=O)C1CCNC1. The van der Waals surface area contributed by atoms with E-state index in [-0.39, 0.29) is 5.92 Å². The molecule has 1 N–H and O–H groups in total. The smallest absolute Gasteiger partial charge is 0.227 e. The van der Waals surface area contributed by atoms with Gasteiger partial charge in [0.2, 0.25) is 5.91 Å². The molecule has 0 saturated carbocycles. The monoisotopic (exact) mass is 196 g/mol. The highest BCUT2D eigenvalue weighted by Crippen LogP contribution is 2.20. The van der Waals surface area contributed by atoms with E-state index in [0.717, 1.165) is 26.1 Å². The number of hydrogen-bond acceptors (Lipinski definition) is 2. The number of amides is 1. The Morgan fingerprint density at radius 1 is 1.36 bits per heavy atom. The second kappa shape index (κ2) is 4.30. The normalized spacial score (nSPS) is 33.4. The third-order valence-electron chi connectivity index (χ3n) is 3.50. The highest BCUT2D eigenvalue weighted by molar-refractivity contribution is 5.79. The fraction of sp³-hybridized carbons (Fsp3) is 0.909. The van der Waals surface area contributed by atoms with Gasteiger partial charge >= 0.3 is 0 Å². The van der Waals surface area contributed by atoms with Crippen LogP contribution in [0.3, 0.4) is 0 Å². The molecule has 0 aliphatic carbocycles. The van der Waals surface area contributed by atoms with E-state index in [9.17, 15) is 4.79 Å². The van der Waals surface area contributed by atoms with E-state index in [1.165, 1.54) is 19.3 Å². The van der Waals surface area contributed by atoms with Gasteiger partial charge in [-0.3, -0.25) is 4.79 Å². The molecule has 2 rings (SSSR count). The maximum atomic E-state index is 12.1. The second-order valence-electron chi connectivity index (χ2n) is 4.57. The molecule has 0 spiro atoms. The van der Waals surface area contributed by atoms with Crippen molar-refractivity contribution in [1.29, 1.82) is 0 Å². The van der Waals surface area contributed by atoms with Gasteiger partial charge in [-0.15, -0.1) is 0 Å². The molecule has 2 heterocycles. The molecule has 0 aromatic heterocycles. The third-order valence-corrected chi connectivity index (χ3v) is 3.50. The lowest BCUT2D eigenvalue weighted by molar-refractivity contribution is -0.138. The molecule has 2 aliphatic rings. The standard InChI is InChI=1S/C11H20N2O/c1-9-4-2-3-7-13(9)11(14)10-5-6-12-8-10/h9-10,12H,2-8H2,1H3. The van der Waals surface area contributed by atoms with Crippen molar-refractivity contribution in [2.75, 3.05) is 19.6 Å². The molecule has 3 nitrogen and oxygen atoms in total. The van der Waals surface area contributed by atoms with Gasteiger partial charge in [-0.2, -0.15) is 0 Å². The summed E-state index contributed by atoms with van der Waals surface area (Å²) in [6, 6.07) is 0.469. The van der Waals surface area contributed by atoms with Gasteiger partial charge in [0.25, 0.3) is 0 Å². The molecule has 0 aromatic rings. The van der Waals surface area contributed by atoms with E-state index in [1.54, 1.807) is 0 Å². The Kier molecular flexibility index (Phi) is 3.06. The third kappa shape index (κ3) is 1.92. The summed E-state index contributed by atoms with van der Waals surface area (Å²) in [5.41, 5.74) is 0. The van der Waals surface area contributed by atoms with Gasteiger partial charge < -0.3 is 10.2 Å². The summed E-state index contributed by atoms with van der Waals surface area (Å²) < 4.78 is 0. The van der Waals surface area contributed by atoms with Crippen LogP contribution in [-0.4, -0.2) is 36.5 Å². The van der Waals surface area contributed by atoms with Gasteiger partial charge in [-0.25, -0.2) is 0 Å². The van der Waals surface area contributed by atoms with E-state index in [0.29, 0.717) is 11.9 Å². The molecular formula is C11H20N2O. The first-order chi connectivity index (χ1) is 6.79. The van der Waals surface area contributed by atoms with Gasteiger partial charge in [0.1, 0.15) is 0 Å². The first-order valence-corrected chi connectivity index (χ1v) is 5.80. The van der Waals surface area contributed by atoms with Crippen LogP contribution in [0.25, 0.3) is 0 Å². The average Bonchev–Trinajstić information content (AvgIpc) is 2.70. The van der Waals surface area contributed by atoms with Crippen molar-refractivity contribution in [3.63, 3.8) is 0 Å². The number of piperidine rings is 1. The average molecular weight is 196 g/mol. The number of carbonyl (C=O) groups is 1. The maximum absolute atomic E-state index is 12.1. The van der Waals surface area contributed by atoms with Crippen molar-refractivity contribution >= 4 is 5.91 Å². The molecular weight excluding hydrogens is 176 g/mol. The minimum absolute atomic E-state index is 0.260. The number of rotatable bonds is 1. The summed E-state index contributed by atoms with van der Waals surface area (Å²) in [7, 11) is 0. The van der Waals surface area contributed by atoms with Gasteiger partial charge in [0, 0.05) is 19.1 Å². The Morgan fingerprint density at radius 2 is 2.21 bits per heavy atom. The van der Waals surface area contributed by atoms with Gasteiger partial charge in [0.05, 0.1) is 5.92 Å².